The molecule has 1 heteroatoms. The summed E-state index contributed by atoms with van der Waals surface area (Å²) >= 11 is 0. The average Bonchev–Trinajstić information content (AvgIpc) is 2.58. The van der Waals surface area contributed by atoms with Gasteiger partial charge in [0.15, 0.2) is 0 Å². The van der Waals surface area contributed by atoms with Crippen LogP contribution in [0.4, 0.5) is 0 Å². The van der Waals surface area contributed by atoms with Gasteiger partial charge < -0.3 is 0 Å². The van der Waals surface area contributed by atoms with Crippen molar-refractivity contribution >= 4 is 5.78 Å². The Morgan fingerprint density at radius 2 is 2.18 bits per heavy atom. The lowest BCUT2D eigenvalue weighted by Gasteiger charge is -2.04. The van der Waals surface area contributed by atoms with Crippen molar-refractivity contribution in [3.63, 3.8) is 0 Å². The number of carbonyl (C=O) groups is 1. The highest BCUT2D eigenvalue weighted by Crippen LogP contribution is 2.52. The molecule has 11 heavy (non-hydrogen) atoms. The van der Waals surface area contributed by atoms with Crippen LogP contribution in [0.15, 0.2) is 11.6 Å². The molecule has 0 aromatic rings. The maximum atomic E-state index is 11.4. The lowest BCUT2D eigenvalue weighted by molar-refractivity contribution is -0.121. The molecule has 0 saturated heterocycles. The fourth-order valence-electron chi connectivity index (χ4n) is 2.13. The summed E-state index contributed by atoms with van der Waals surface area (Å²) in [6.45, 7) is 4.13. The number of carbonyl (C=O) groups excluding carboxylic acids is 1. The van der Waals surface area contributed by atoms with Gasteiger partial charge in [-0.3, -0.25) is 4.79 Å². The second-order valence-corrected chi connectivity index (χ2v) is 4.09. The van der Waals surface area contributed by atoms with Crippen LogP contribution in [0, 0.1) is 17.8 Å². The number of Topliss-reactive ketones (excluding diaryl/α,β-unsaturated/α-hetero) is 1. The van der Waals surface area contributed by atoms with Gasteiger partial charge in [-0.2, -0.15) is 0 Å². The molecule has 0 amide bonds. The molecule has 3 atom stereocenters. The van der Waals surface area contributed by atoms with Gasteiger partial charge in [-0.05, 0) is 32.6 Å². The molecule has 0 N–H and O–H groups in total. The third-order valence-corrected chi connectivity index (χ3v) is 2.74. The fourth-order valence-corrected chi connectivity index (χ4v) is 2.13. The summed E-state index contributed by atoms with van der Waals surface area (Å²) in [7, 11) is 0. The van der Waals surface area contributed by atoms with Gasteiger partial charge in [-0.25, -0.2) is 0 Å². The molecule has 0 aromatic heterocycles. The molecule has 1 nitrogen and oxygen atoms in total. The minimum atomic E-state index is 0.281. The monoisotopic (exact) mass is 150 g/mol. The maximum absolute atomic E-state index is 11.4. The molecule has 0 bridgehead atoms. The molecule has 2 saturated carbocycles. The minimum Gasteiger partial charge on any atom is -0.299 e. The van der Waals surface area contributed by atoms with Gasteiger partial charge in [-0.1, -0.05) is 11.6 Å². The number of hydrogen-bond donors (Lipinski definition) is 0. The lowest BCUT2D eigenvalue weighted by Crippen LogP contribution is -2.08. The average molecular weight is 150 g/mol. The SMILES string of the molecule is CC(C)=C[C@@H]1C[C@@H]2C[C@H]2C1=O. The third kappa shape index (κ3) is 1.13. The molecule has 0 aliphatic heterocycles. The summed E-state index contributed by atoms with van der Waals surface area (Å²) in [5.41, 5.74) is 1.28. The van der Waals surface area contributed by atoms with E-state index in [4.69, 9.17) is 0 Å². The predicted molar refractivity (Wildman–Crippen MR) is 44.1 cm³/mol. The van der Waals surface area contributed by atoms with Crippen LogP contribution in [0.3, 0.4) is 0 Å². The van der Waals surface area contributed by atoms with E-state index in [0.29, 0.717) is 11.7 Å². The molecule has 2 fully saturated rings. The zero-order valence-electron chi connectivity index (χ0n) is 7.13. The first-order valence-corrected chi connectivity index (χ1v) is 4.37. The molecule has 0 radical (unpaired) electrons. The van der Waals surface area contributed by atoms with Gasteiger partial charge in [0.2, 0.25) is 0 Å². The number of hydrogen-bond acceptors (Lipinski definition) is 1. The summed E-state index contributed by atoms with van der Waals surface area (Å²) in [5.74, 6) is 2.03. The van der Waals surface area contributed by atoms with Gasteiger partial charge in [0, 0.05) is 11.8 Å². The van der Waals surface area contributed by atoms with E-state index in [2.05, 4.69) is 19.9 Å². The molecular formula is C10H14O. The molecule has 0 unspecified atom stereocenters. The second kappa shape index (κ2) is 2.20. The van der Waals surface area contributed by atoms with Crippen LogP contribution in [0.1, 0.15) is 26.7 Å². The van der Waals surface area contributed by atoms with Crippen LogP contribution < -0.4 is 0 Å². The lowest BCUT2D eigenvalue weighted by atomic mass is 10.00. The van der Waals surface area contributed by atoms with Crippen molar-refractivity contribution < 1.29 is 4.79 Å². The van der Waals surface area contributed by atoms with Crippen molar-refractivity contribution in [2.45, 2.75) is 26.7 Å². The van der Waals surface area contributed by atoms with Crippen molar-refractivity contribution in [3.05, 3.63) is 11.6 Å². The quantitative estimate of drug-likeness (QED) is 0.523. The van der Waals surface area contributed by atoms with E-state index < -0.39 is 0 Å². The Morgan fingerprint density at radius 3 is 2.64 bits per heavy atom. The van der Waals surface area contributed by atoms with E-state index in [9.17, 15) is 4.79 Å². The zero-order chi connectivity index (χ0) is 8.01. The Kier molecular flexibility index (Phi) is 1.41. The van der Waals surface area contributed by atoms with Crippen molar-refractivity contribution in [3.8, 4) is 0 Å². The van der Waals surface area contributed by atoms with E-state index in [1.54, 1.807) is 0 Å². The number of allylic oxidation sites excluding steroid dienone is 2. The Bertz CT molecular complexity index is 223. The Balaban J connectivity index is 2.07. The maximum Gasteiger partial charge on any atom is 0.143 e. The summed E-state index contributed by atoms with van der Waals surface area (Å²) in [4.78, 5) is 11.4. The minimum absolute atomic E-state index is 0.281. The van der Waals surface area contributed by atoms with Gasteiger partial charge in [0.05, 0.1) is 0 Å². The molecule has 0 spiro atoms. The van der Waals surface area contributed by atoms with E-state index in [0.717, 1.165) is 12.3 Å². The highest BCUT2D eigenvalue weighted by Gasteiger charge is 2.51. The molecule has 0 aromatic carbocycles. The molecule has 2 aliphatic carbocycles. The van der Waals surface area contributed by atoms with Gasteiger partial charge in [0.25, 0.3) is 0 Å². The van der Waals surface area contributed by atoms with Crippen molar-refractivity contribution in [1.29, 1.82) is 0 Å². The fraction of sp³-hybridized carbons (Fsp3) is 0.700. The van der Waals surface area contributed by atoms with Gasteiger partial charge >= 0.3 is 0 Å². The van der Waals surface area contributed by atoms with Crippen LogP contribution in [0.2, 0.25) is 0 Å². The summed E-state index contributed by atoms with van der Waals surface area (Å²) in [5, 5.41) is 0. The molecule has 60 valence electrons. The first kappa shape index (κ1) is 7.08. The van der Waals surface area contributed by atoms with Crippen molar-refractivity contribution in [2.75, 3.05) is 0 Å². The highest BCUT2D eigenvalue weighted by molar-refractivity contribution is 5.90. The van der Waals surface area contributed by atoms with Crippen LogP contribution >= 0.6 is 0 Å². The highest BCUT2D eigenvalue weighted by atomic mass is 16.1. The number of ketones is 1. The Hall–Kier alpha value is -0.590. The second-order valence-electron chi connectivity index (χ2n) is 4.09. The molecule has 2 rings (SSSR count). The third-order valence-electron chi connectivity index (χ3n) is 2.74. The first-order chi connectivity index (χ1) is 5.18. The summed E-state index contributed by atoms with van der Waals surface area (Å²) < 4.78 is 0. The topological polar surface area (TPSA) is 17.1 Å². The predicted octanol–water partition coefficient (Wildman–Crippen LogP) is 2.18. The molecule has 0 heterocycles. The normalized spacial score (nSPS) is 40.2. The molecule has 2 aliphatic rings. The molecular weight excluding hydrogens is 136 g/mol. The van der Waals surface area contributed by atoms with Gasteiger partial charge in [0.1, 0.15) is 5.78 Å². The number of rotatable bonds is 1. The largest absolute Gasteiger partial charge is 0.299 e. The van der Waals surface area contributed by atoms with E-state index in [1.807, 2.05) is 0 Å². The van der Waals surface area contributed by atoms with Crippen molar-refractivity contribution in [1.82, 2.24) is 0 Å². The Labute approximate surface area is 67.5 Å². The standard InChI is InChI=1S/C10H14O/c1-6(2)3-8-4-7-5-9(7)10(8)11/h3,7-9H,4-5H2,1-2H3/t7-,8-,9-/m1/s1. The Morgan fingerprint density at radius 1 is 1.45 bits per heavy atom. The summed E-state index contributed by atoms with van der Waals surface area (Å²) in [6.07, 6.45) is 4.45. The van der Waals surface area contributed by atoms with Gasteiger partial charge in [-0.15, -0.1) is 0 Å². The van der Waals surface area contributed by atoms with E-state index in [-0.39, 0.29) is 5.92 Å². The van der Waals surface area contributed by atoms with Crippen LogP contribution in [-0.2, 0) is 4.79 Å². The zero-order valence-corrected chi connectivity index (χ0v) is 7.13. The first-order valence-electron chi connectivity index (χ1n) is 4.37. The number of fused-ring (bicyclic) bond motifs is 1. The van der Waals surface area contributed by atoms with Crippen molar-refractivity contribution in [2.24, 2.45) is 17.8 Å². The van der Waals surface area contributed by atoms with E-state index >= 15 is 0 Å². The van der Waals surface area contributed by atoms with E-state index in [1.165, 1.54) is 12.0 Å². The van der Waals surface area contributed by atoms with Crippen LogP contribution in [-0.4, -0.2) is 5.78 Å². The van der Waals surface area contributed by atoms with Crippen LogP contribution in [0.25, 0.3) is 0 Å². The smallest absolute Gasteiger partial charge is 0.143 e. The van der Waals surface area contributed by atoms with Crippen LogP contribution in [0.5, 0.6) is 0 Å². The summed E-state index contributed by atoms with van der Waals surface area (Å²) in [6, 6.07) is 0.